The fraction of sp³-hybridized carbons (Fsp3) is 0.217. The molecular weight excluding hydrogens is 397 g/mol. The number of aliphatic hydroxyl groups is 1. The molecule has 1 unspecified atom stereocenters. The van der Waals surface area contributed by atoms with Gasteiger partial charge in [0.2, 0.25) is 0 Å². The summed E-state index contributed by atoms with van der Waals surface area (Å²) in [6.45, 7) is 5.06. The van der Waals surface area contributed by atoms with Gasteiger partial charge in [0.15, 0.2) is 5.65 Å². The predicted octanol–water partition coefficient (Wildman–Crippen LogP) is 3.71. The third-order valence-electron chi connectivity index (χ3n) is 5.03. The first-order valence-electron chi connectivity index (χ1n) is 9.78. The van der Waals surface area contributed by atoms with E-state index < -0.39 is 23.4 Å². The van der Waals surface area contributed by atoms with Crippen LogP contribution in [0.15, 0.2) is 54.9 Å². The standard InChI is InChI=1S/C23H22FN5O2/c1-13-10-15(8-9-25-13)19-18-11-16(12-26-21(18)29-28-19)22(30)27-20(23(2,3)31)14-4-6-17(24)7-5-14/h4-12,20,31H,1-3H3,(H,27,30)(H,26,28,29). The number of rotatable bonds is 5. The number of hydrogen-bond donors (Lipinski definition) is 3. The number of amides is 1. The zero-order chi connectivity index (χ0) is 22.2. The molecule has 158 valence electrons. The molecule has 0 bridgehead atoms. The zero-order valence-electron chi connectivity index (χ0n) is 17.3. The van der Waals surface area contributed by atoms with E-state index in [0.29, 0.717) is 27.9 Å². The molecule has 0 aliphatic heterocycles. The normalized spacial score (nSPS) is 12.7. The number of carbonyl (C=O) groups is 1. The Balaban J connectivity index is 1.68. The van der Waals surface area contributed by atoms with Crippen LogP contribution in [0.3, 0.4) is 0 Å². The summed E-state index contributed by atoms with van der Waals surface area (Å²) in [7, 11) is 0. The topological polar surface area (TPSA) is 104 Å². The van der Waals surface area contributed by atoms with Crippen LogP contribution in [0, 0.1) is 12.7 Å². The largest absolute Gasteiger partial charge is 0.388 e. The summed E-state index contributed by atoms with van der Waals surface area (Å²) in [6.07, 6.45) is 3.15. The van der Waals surface area contributed by atoms with E-state index in [0.717, 1.165) is 11.3 Å². The van der Waals surface area contributed by atoms with E-state index in [4.69, 9.17) is 0 Å². The summed E-state index contributed by atoms with van der Waals surface area (Å²) >= 11 is 0. The van der Waals surface area contributed by atoms with E-state index in [2.05, 4.69) is 25.5 Å². The Hall–Kier alpha value is -3.65. The van der Waals surface area contributed by atoms with Crippen LogP contribution in [0.5, 0.6) is 0 Å². The first-order chi connectivity index (χ1) is 14.7. The summed E-state index contributed by atoms with van der Waals surface area (Å²) in [5.74, 6) is -0.804. The van der Waals surface area contributed by atoms with E-state index in [1.165, 1.54) is 18.3 Å². The number of aryl methyl sites for hydroxylation is 1. The maximum atomic E-state index is 13.3. The van der Waals surface area contributed by atoms with Gasteiger partial charge in [0.05, 0.1) is 17.2 Å². The Morgan fingerprint density at radius 2 is 1.90 bits per heavy atom. The molecule has 4 aromatic rings. The lowest BCUT2D eigenvalue weighted by Crippen LogP contribution is -2.42. The van der Waals surface area contributed by atoms with E-state index in [-0.39, 0.29) is 0 Å². The minimum atomic E-state index is -1.28. The first-order valence-corrected chi connectivity index (χ1v) is 9.78. The predicted molar refractivity (Wildman–Crippen MR) is 115 cm³/mol. The second-order valence-electron chi connectivity index (χ2n) is 7.99. The molecule has 0 saturated heterocycles. The number of aromatic nitrogens is 4. The van der Waals surface area contributed by atoms with Crippen molar-refractivity contribution in [1.29, 1.82) is 0 Å². The molecule has 0 saturated carbocycles. The molecule has 0 fully saturated rings. The summed E-state index contributed by atoms with van der Waals surface area (Å²) in [5, 5.41) is 21.4. The third kappa shape index (κ3) is 4.29. The smallest absolute Gasteiger partial charge is 0.253 e. The van der Waals surface area contributed by atoms with Crippen LogP contribution < -0.4 is 5.32 Å². The zero-order valence-corrected chi connectivity index (χ0v) is 17.3. The summed E-state index contributed by atoms with van der Waals surface area (Å²) in [5.41, 5.74) is 2.56. The summed E-state index contributed by atoms with van der Waals surface area (Å²) in [6, 6.07) is 10.4. The lowest BCUT2D eigenvalue weighted by atomic mass is 9.91. The van der Waals surface area contributed by atoms with Crippen molar-refractivity contribution in [3.8, 4) is 11.3 Å². The van der Waals surface area contributed by atoms with Crippen LogP contribution in [-0.4, -0.2) is 36.8 Å². The maximum absolute atomic E-state index is 13.3. The van der Waals surface area contributed by atoms with Gasteiger partial charge in [-0.2, -0.15) is 5.10 Å². The van der Waals surface area contributed by atoms with Crippen LogP contribution in [0.25, 0.3) is 22.3 Å². The number of nitrogens with one attached hydrogen (secondary N) is 2. The lowest BCUT2D eigenvalue weighted by Gasteiger charge is -2.30. The number of halogens is 1. The molecule has 4 rings (SSSR count). The van der Waals surface area contributed by atoms with E-state index >= 15 is 0 Å². The van der Waals surface area contributed by atoms with Crippen LogP contribution in [0.2, 0.25) is 0 Å². The number of nitrogens with zero attached hydrogens (tertiary/aromatic N) is 3. The molecule has 0 aliphatic carbocycles. The van der Waals surface area contributed by atoms with Crippen molar-refractivity contribution in [3.63, 3.8) is 0 Å². The Morgan fingerprint density at radius 1 is 1.16 bits per heavy atom. The Kier molecular flexibility index (Phi) is 5.24. The van der Waals surface area contributed by atoms with Crippen LogP contribution in [0.1, 0.15) is 41.5 Å². The van der Waals surface area contributed by atoms with Crippen LogP contribution in [-0.2, 0) is 0 Å². The number of benzene rings is 1. The second-order valence-corrected chi connectivity index (χ2v) is 7.99. The fourth-order valence-corrected chi connectivity index (χ4v) is 3.48. The molecule has 3 aromatic heterocycles. The van der Waals surface area contributed by atoms with Gasteiger partial charge in [-0.3, -0.25) is 14.9 Å². The van der Waals surface area contributed by atoms with Crippen molar-refractivity contribution < 1.29 is 14.3 Å². The van der Waals surface area contributed by atoms with Gasteiger partial charge in [-0.15, -0.1) is 0 Å². The minimum Gasteiger partial charge on any atom is -0.388 e. The Bertz CT molecular complexity index is 1250. The fourth-order valence-electron chi connectivity index (χ4n) is 3.48. The van der Waals surface area contributed by atoms with Crippen molar-refractivity contribution in [2.75, 3.05) is 0 Å². The average Bonchev–Trinajstić information content (AvgIpc) is 3.15. The number of H-pyrrole nitrogens is 1. The minimum absolute atomic E-state index is 0.317. The van der Waals surface area contributed by atoms with Crippen LogP contribution in [0.4, 0.5) is 4.39 Å². The summed E-state index contributed by atoms with van der Waals surface area (Å²) < 4.78 is 13.3. The van der Waals surface area contributed by atoms with Gasteiger partial charge < -0.3 is 10.4 Å². The van der Waals surface area contributed by atoms with Crippen LogP contribution >= 0.6 is 0 Å². The highest BCUT2D eigenvalue weighted by Gasteiger charge is 2.30. The highest BCUT2D eigenvalue weighted by atomic mass is 19.1. The average molecular weight is 419 g/mol. The van der Waals surface area contributed by atoms with Gasteiger partial charge >= 0.3 is 0 Å². The van der Waals surface area contributed by atoms with Crippen molar-refractivity contribution in [2.24, 2.45) is 0 Å². The number of carbonyl (C=O) groups excluding carboxylic acids is 1. The van der Waals surface area contributed by atoms with Gasteiger partial charge in [0.1, 0.15) is 11.5 Å². The quantitative estimate of drug-likeness (QED) is 0.458. The second kappa shape index (κ2) is 7.88. The maximum Gasteiger partial charge on any atom is 0.253 e. The molecule has 1 atom stereocenters. The number of fused-ring (bicyclic) bond motifs is 1. The molecular formula is C23H22FN5O2. The molecule has 0 spiro atoms. The monoisotopic (exact) mass is 419 g/mol. The number of aromatic amines is 1. The van der Waals surface area contributed by atoms with Gasteiger partial charge in [-0.05, 0) is 56.7 Å². The molecule has 0 radical (unpaired) electrons. The van der Waals surface area contributed by atoms with Gasteiger partial charge in [-0.1, -0.05) is 12.1 Å². The number of hydrogen-bond acceptors (Lipinski definition) is 5. The molecule has 3 N–H and O–H groups in total. The molecule has 7 nitrogen and oxygen atoms in total. The SMILES string of the molecule is Cc1cc(-c2n[nH]c3ncc(C(=O)NC(c4ccc(F)cc4)C(C)(C)O)cc23)ccn1. The van der Waals surface area contributed by atoms with Crippen molar-refractivity contribution in [1.82, 2.24) is 25.5 Å². The Morgan fingerprint density at radius 3 is 2.58 bits per heavy atom. The van der Waals surface area contributed by atoms with Crippen molar-refractivity contribution in [2.45, 2.75) is 32.4 Å². The first kappa shape index (κ1) is 20.6. The lowest BCUT2D eigenvalue weighted by molar-refractivity contribution is 0.0343. The molecule has 8 heteroatoms. The van der Waals surface area contributed by atoms with E-state index in [9.17, 15) is 14.3 Å². The third-order valence-corrected chi connectivity index (χ3v) is 5.03. The molecule has 31 heavy (non-hydrogen) atoms. The highest BCUT2D eigenvalue weighted by molar-refractivity contribution is 6.00. The number of pyridine rings is 2. The molecule has 3 heterocycles. The van der Waals surface area contributed by atoms with Crippen molar-refractivity contribution in [3.05, 3.63) is 77.5 Å². The van der Waals surface area contributed by atoms with Crippen molar-refractivity contribution >= 4 is 16.9 Å². The van der Waals surface area contributed by atoms with E-state index in [1.54, 1.807) is 38.2 Å². The molecule has 1 aromatic carbocycles. The van der Waals surface area contributed by atoms with Gasteiger partial charge in [0.25, 0.3) is 5.91 Å². The summed E-state index contributed by atoms with van der Waals surface area (Å²) in [4.78, 5) is 21.6. The van der Waals surface area contributed by atoms with E-state index in [1.807, 2.05) is 19.1 Å². The molecule has 0 aliphatic rings. The molecule has 1 amide bonds. The highest BCUT2D eigenvalue weighted by Crippen LogP contribution is 2.28. The van der Waals surface area contributed by atoms with Gasteiger partial charge in [-0.25, -0.2) is 9.37 Å². The van der Waals surface area contributed by atoms with Gasteiger partial charge in [0, 0.05) is 29.0 Å². The Labute approximate surface area is 178 Å².